The molecule has 0 radical (unpaired) electrons. The summed E-state index contributed by atoms with van der Waals surface area (Å²) in [7, 11) is 0. The van der Waals surface area contributed by atoms with Gasteiger partial charge in [-0.05, 0) is 31.5 Å². The van der Waals surface area contributed by atoms with E-state index in [2.05, 4.69) is 15.9 Å². The molecule has 0 aliphatic heterocycles. The molecule has 0 aromatic heterocycles. The number of ether oxygens (including phenoxy) is 1. The minimum atomic E-state index is -0.489. The second-order valence-electron chi connectivity index (χ2n) is 3.37. The van der Waals surface area contributed by atoms with E-state index in [1.54, 1.807) is 19.9 Å². The Morgan fingerprint density at radius 1 is 1.53 bits per heavy atom. The van der Waals surface area contributed by atoms with E-state index < -0.39 is 5.82 Å². The number of halogens is 2. The van der Waals surface area contributed by atoms with E-state index in [4.69, 9.17) is 10.00 Å². The Morgan fingerprint density at radius 3 is 2.67 bits per heavy atom. The summed E-state index contributed by atoms with van der Waals surface area (Å²) in [5, 5.41) is 9.38. The number of hydrogen-bond donors (Lipinski definition) is 0. The van der Waals surface area contributed by atoms with E-state index in [1.165, 1.54) is 6.07 Å². The van der Waals surface area contributed by atoms with Crippen LogP contribution in [0.3, 0.4) is 0 Å². The average Bonchev–Trinajstić information content (AvgIpc) is 2.20. The third-order valence-corrected chi connectivity index (χ3v) is 2.38. The molecule has 0 N–H and O–H groups in total. The summed E-state index contributed by atoms with van der Waals surface area (Å²) in [6, 6.07) is 4.92. The van der Waals surface area contributed by atoms with Gasteiger partial charge in [0.2, 0.25) is 0 Å². The number of nitriles is 1. The number of hydrogen-bond acceptors (Lipinski definition) is 2. The van der Waals surface area contributed by atoms with Gasteiger partial charge in [-0.2, -0.15) is 5.26 Å². The third-order valence-electron chi connectivity index (χ3n) is 1.73. The molecule has 0 atom stereocenters. The van der Waals surface area contributed by atoms with E-state index in [0.29, 0.717) is 5.33 Å². The Labute approximate surface area is 96.8 Å². The monoisotopic (exact) mass is 271 g/mol. The highest BCUT2D eigenvalue weighted by Crippen LogP contribution is 2.26. The molecule has 1 rings (SSSR count). The van der Waals surface area contributed by atoms with Crippen molar-refractivity contribution in [2.45, 2.75) is 25.3 Å². The van der Waals surface area contributed by atoms with Crippen molar-refractivity contribution in [2.75, 3.05) is 0 Å². The molecular formula is C11H11BrFNO. The van der Waals surface area contributed by atoms with Gasteiger partial charge in [-0.1, -0.05) is 15.9 Å². The summed E-state index contributed by atoms with van der Waals surface area (Å²) < 4.78 is 18.8. The Kier molecular flexibility index (Phi) is 4.10. The van der Waals surface area contributed by atoms with Gasteiger partial charge in [-0.15, -0.1) is 0 Å². The Morgan fingerprint density at radius 2 is 2.20 bits per heavy atom. The van der Waals surface area contributed by atoms with Gasteiger partial charge in [0.15, 0.2) is 11.6 Å². The van der Waals surface area contributed by atoms with Crippen molar-refractivity contribution in [3.63, 3.8) is 0 Å². The molecule has 0 saturated heterocycles. The zero-order chi connectivity index (χ0) is 11.4. The Balaban J connectivity index is 3.20. The number of nitrogens with zero attached hydrogens (tertiary/aromatic N) is 1. The normalized spacial score (nSPS) is 10.1. The molecule has 0 heterocycles. The maximum Gasteiger partial charge on any atom is 0.173 e. The summed E-state index contributed by atoms with van der Waals surface area (Å²) in [6.45, 7) is 3.58. The van der Waals surface area contributed by atoms with Gasteiger partial charge >= 0.3 is 0 Å². The van der Waals surface area contributed by atoms with Gasteiger partial charge in [0.05, 0.1) is 11.7 Å². The van der Waals surface area contributed by atoms with Crippen LogP contribution in [-0.4, -0.2) is 6.10 Å². The van der Waals surface area contributed by atoms with Crippen LogP contribution in [0.5, 0.6) is 5.75 Å². The van der Waals surface area contributed by atoms with E-state index in [-0.39, 0.29) is 17.4 Å². The minimum Gasteiger partial charge on any atom is -0.487 e. The van der Waals surface area contributed by atoms with Gasteiger partial charge in [0.25, 0.3) is 0 Å². The molecule has 0 saturated carbocycles. The molecule has 0 amide bonds. The fourth-order valence-electron chi connectivity index (χ4n) is 1.17. The van der Waals surface area contributed by atoms with Crippen molar-refractivity contribution in [2.24, 2.45) is 0 Å². The van der Waals surface area contributed by atoms with Crippen molar-refractivity contribution < 1.29 is 9.13 Å². The lowest BCUT2D eigenvalue weighted by Gasteiger charge is -2.12. The average molecular weight is 272 g/mol. The van der Waals surface area contributed by atoms with Crippen LogP contribution < -0.4 is 4.74 Å². The van der Waals surface area contributed by atoms with Crippen LogP contribution in [0.15, 0.2) is 12.1 Å². The molecule has 0 fully saturated rings. The predicted octanol–water partition coefficient (Wildman–Crippen LogP) is 3.38. The molecular weight excluding hydrogens is 261 g/mol. The molecule has 4 heteroatoms. The van der Waals surface area contributed by atoms with Crippen molar-refractivity contribution in [3.8, 4) is 11.8 Å². The molecule has 1 aromatic carbocycles. The first-order valence-electron chi connectivity index (χ1n) is 4.53. The molecule has 1 aromatic rings. The maximum atomic E-state index is 13.5. The largest absolute Gasteiger partial charge is 0.487 e. The molecule has 15 heavy (non-hydrogen) atoms. The molecule has 2 nitrogen and oxygen atoms in total. The Bertz CT molecular complexity index is 398. The van der Waals surface area contributed by atoms with E-state index in [9.17, 15) is 4.39 Å². The van der Waals surface area contributed by atoms with Gasteiger partial charge in [0.1, 0.15) is 6.07 Å². The van der Waals surface area contributed by atoms with Gasteiger partial charge in [-0.25, -0.2) is 4.39 Å². The van der Waals surface area contributed by atoms with Crippen LogP contribution in [0.1, 0.15) is 25.0 Å². The van der Waals surface area contributed by atoms with Gasteiger partial charge in [0, 0.05) is 5.33 Å². The third kappa shape index (κ3) is 2.93. The van der Waals surface area contributed by atoms with Crippen molar-refractivity contribution >= 4 is 15.9 Å². The highest BCUT2D eigenvalue weighted by molar-refractivity contribution is 9.08. The maximum absolute atomic E-state index is 13.5. The van der Waals surface area contributed by atoms with E-state index in [1.807, 2.05) is 6.07 Å². The zero-order valence-electron chi connectivity index (χ0n) is 8.55. The van der Waals surface area contributed by atoms with Crippen LogP contribution in [0.25, 0.3) is 0 Å². The van der Waals surface area contributed by atoms with Crippen LogP contribution in [0.2, 0.25) is 0 Å². The predicted molar refractivity (Wildman–Crippen MR) is 59.5 cm³/mol. The summed E-state index contributed by atoms with van der Waals surface area (Å²) in [5.41, 5.74) is 0.957. The summed E-state index contributed by atoms with van der Waals surface area (Å²) in [6.07, 6.45) is -0.151. The fourth-order valence-corrected chi connectivity index (χ4v) is 1.49. The summed E-state index contributed by atoms with van der Waals surface area (Å²) >= 11 is 3.21. The second-order valence-corrected chi connectivity index (χ2v) is 3.93. The van der Waals surface area contributed by atoms with Crippen molar-refractivity contribution in [1.82, 2.24) is 0 Å². The smallest absolute Gasteiger partial charge is 0.173 e. The number of rotatable bonds is 3. The number of benzene rings is 1. The van der Waals surface area contributed by atoms with Crippen molar-refractivity contribution in [1.29, 1.82) is 5.26 Å². The molecule has 0 bridgehead atoms. The topological polar surface area (TPSA) is 33.0 Å². The minimum absolute atomic E-state index is 0.0391. The molecule has 0 spiro atoms. The first kappa shape index (κ1) is 12.0. The quantitative estimate of drug-likeness (QED) is 0.790. The lowest BCUT2D eigenvalue weighted by atomic mass is 10.1. The first-order chi connectivity index (χ1) is 7.08. The second kappa shape index (κ2) is 5.13. The lowest BCUT2D eigenvalue weighted by molar-refractivity contribution is 0.230. The van der Waals surface area contributed by atoms with Gasteiger partial charge < -0.3 is 4.74 Å². The first-order valence-corrected chi connectivity index (χ1v) is 5.65. The molecule has 0 aliphatic rings. The Hall–Kier alpha value is -1.08. The van der Waals surface area contributed by atoms with Gasteiger partial charge in [-0.3, -0.25) is 0 Å². The summed E-state index contributed by atoms with van der Waals surface area (Å²) in [5.74, 6) is -0.450. The fraction of sp³-hybridized carbons (Fsp3) is 0.364. The molecule has 80 valence electrons. The molecule has 0 aliphatic carbocycles. The van der Waals surface area contributed by atoms with Crippen LogP contribution in [-0.2, 0) is 5.33 Å². The summed E-state index contributed by atoms with van der Waals surface area (Å²) in [4.78, 5) is 0. The number of alkyl halides is 1. The lowest BCUT2D eigenvalue weighted by Crippen LogP contribution is -2.08. The highest BCUT2D eigenvalue weighted by atomic mass is 79.9. The molecule has 0 unspecified atom stereocenters. The van der Waals surface area contributed by atoms with Crippen LogP contribution >= 0.6 is 15.9 Å². The van der Waals surface area contributed by atoms with Crippen LogP contribution in [0, 0.1) is 17.1 Å². The van der Waals surface area contributed by atoms with Crippen LogP contribution in [0.4, 0.5) is 4.39 Å². The van der Waals surface area contributed by atoms with E-state index in [0.717, 1.165) is 5.56 Å². The van der Waals surface area contributed by atoms with Crippen molar-refractivity contribution in [3.05, 3.63) is 29.1 Å². The zero-order valence-corrected chi connectivity index (χ0v) is 10.1. The van der Waals surface area contributed by atoms with E-state index >= 15 is 0 Å². The highest BCUT2D eigenvalue weighted by Gasteiger charge is 2.13. The standard InChI is InChI=1S/C11H11BrFNO/c1-7(2)15-11-9(6-14)3-8(5-12)4-10(11)13/h3-4,7H,5H2,1-2H3. The SMILES string of the molecule is CC(C)Oc1c(F)cc(CBr)cc1C#N.